The number of sulfonamides is 1. The summed E-state index contributed by atoms with van der Waals surface area (Å²) in [7, 11) is -3.53. The van der Waals surface area contributed by atoms with Crippen molar-refractivity contribution in [2.24, 2.45) is 11.1 Å². The maximum Gasteiger partial charge on any atom is 0.223 e. The minimum absolute atomic E-state index is 0.0297. The highest BCUT2D eigenvalue weighted by Crippen LogP contribution is 2.28. The summed E-state index contributed by atoms with van der Waals surface area (Å²) < 4.78 is 22.2. The zero-order chi connectivity index (χ0) is 14.0. The lowest BCUT2D eigenvalue weighted by Gasteiger charge is -2.25. The summed E-state index contributed by atoms with van der Waals surface area (Å²) in [5.74, 6) is -0.386. The second kappa shape index (κ2) is 5.26. The molecule has 2 rings (SSSR count). The van der Waals surface area contributed by atoms with Gasteiger partial charge < -0.3 is 4.90 Å². The molecular formula is C12H17N3O3S. The molecule has 0 radical (unpaired) electrons. The van der Waals surface area contributed by atoms with Crippen LogP contribution in [-0.4, -0.2) is 36.5 Å². The second-order valence-corrected chi connectivity index (χ2v) is 6.56. The standard InChI is InChI=1S/C12H17N3O3S/c1-9(11-2-4-14-5-3-11)15-7-10(6-12(15)16)8-19(13,17)18/h2-5,9-10H,6-8H2,1H3,(H2,13,17,18). The van der Waals surface area contributed by atoms with Crippen molar-refractivity contribution in [2.75, 3.05) is 12.3 Å². The van der Waals surface area contributed by atoms with Gasteiger partial charge in [-0.2, -0.15) is 0 Å². The van der Waals surface area contributed by atoms with Crippen molar-refractivity contribution < 1.29 is 13.2 Å². The molecule has 104 valence electrons. The lowest BCUT2D eigenvalue weighted by atomic mass is 10.1. The van der Waals surface area contributed by atoms with Gasteiger partial charge >= 0.3 is 0 Å². The van der Waals surface area contributed by atoms with Crippen LogP contribution in [0.25, 0.3) is 0 Å². The molecule has 2 N–H and O–H groups in total. The monoisotopic (exact) mass is 283 g/mol. The van der Waals surface area contributed by atoms with Crippen molar-refractivity contribution in [3.05, 3.63) is 30.1 Å². The molecule has 1 amide bonds. The number of nitrogens with zero attached hydrogens (tertiary/aromatic N) is 2. The average molecular weight is 283 g/mol. The smallest absolute Gasteiger partial charge is 0.223 e. The summed E-state index contributed by atoms with van der Waals surface area (Å²) in [6.07, 6.45) is 3.59. The number of aromatic nitrogens is 1. The van der Waals surface area contributed by atoms with Gasteiger partial charge in [0, 0.05) is 31.3 Å². The molecule has 1 saturated heterocycles. The molecule has 1 fully saturated rings. The lowest BCUT2D eigenvalue weighted by Crippen LogP contribution is -2.30. The van der Waals surface area contributed by atoms with Gasteiger partial charge in [-0.05, 0) is 24.6 Å². The molecule has 6 nitrogen and oxygen atoms in total. The van der Waals surface area contributed by atoms with Crippen LogP contribution in [0, 0.1) is 5.92 Å². The van der Waals surface area contributed by atoms with Crippen molar-refractivity contribution in [1.29, 1.82) is 0 Å². The summed E-state index contributed by atoms with van der Waals surface area (Å²) in [6.45, 7) is 2.35. The molecular weight excluding hydrogens is 266 g/mol. The fourth-order valence-corrected chi connectivity index (χ4v) is 3.33. The molecule has 2 heterocycles. The van der Waals surface area contributed by atoms with E-state index < -0.39 is 10.0 Å². The normalized spacial score (nSPS) is 21.7. The van der Waals surface area contributed by atoms with Crippen LogP contribution in [0.15, 0.2) is 24.5 Å². The third kappa shape index (κ3) is 3.51. The Balaban J connectivity index is 2.08. The first-order valence-corrected chi connectivity index (χ1v) is 7.78. The highest BCUT2D eigenvalue weighted by atomic mass is 32.2. The van der Waals surface area contributed by atoms with E-state index in [4.69, 9.17) is 5.14 Å². The van der Waals surface area contributed by atoms with Gasteiger partial charge in [-0.15, -0.1) is 0 Å². The molecule has 0 aliphatic carbocycles. The molecule has 0 bridgehead atoms. The minimum Gasteiger partial charge on any atom is -0.336 e. The maximum absolute atomic E-state index is 12.0. The number of hydrogen-bond donors (Lipinski definition) is 1. The Morgan fingerprint density at radius 3 is 2.68 bits per heavy atom. The summed E-state index contributed by atoms with van der Waals surface area (Å²) in [4.78, 5) is 17.6. The average Bonchev–Trinajstić information content (AvgIpc) is 2.68. The third-order valence-electron chi connectivity index (χ3n) is 3.36. The number of carbonyl (C=O) groups excluding carboxylic acids is 1. The van der Waals surface area contributed by atoms with Crippen molar-refractivity contribution >= 4 is 15.9 Å². The number of nitrogens with two attached hydrogens (primary N) is 1. The van der Waals surface area contributed by atoms with E-state index in [9.17, 15) is 13.2 Å². The Morgan fingerprint density at radius 2 is 2.11 bits per heavy atom. The van der Waals surface area contributed by atoms with E-state index in [1.807, 2.05) is 19.1 Å². The van der Waals surface area contributed by atoms with Crippen LogP contribution in [0.3, 0.4) is 0 Å². The Labute approximate surface area is 112 Å². The van der Waals surface area contributed by atoms with E-state index in [0.717, 1.165) is 5.56 Å². The fourth-order valence-electron chi connectivity index (χ4n) is 2.44. The van der Waals surface area contributed by atoms with Crippen molar-refractivity contribution in [3.8, 4) is 0 Å². The zero-order valence-corrected chi connectivity index (χ0v) is 11.5. The van der Waals surface area contributed by atoms with Gasteiger partial charge in [-0.1, -0.05) is 0 Å². The molecule has 1 aliphatic heterocycles. The maximum atomic E-state index is 12.0. The van der Waals surface area contributed by atoms with E-state index in [1.54, 1.807) is 17.3 Å². The molecule has 0 aromatic carbocycles. The van der Waals surface area contributed by atoms with Crippen LogP contribution in [0.4, 0.5) is 0 Å². The van der Waals surface area contributed by atoms with E-state index >= 15 is 0 Å². The quantitative estimate of drug-likeness (QED) is 0.858. The third-order valence-corrected chi connectivity index (χ3v) is 4.30. The molecule has 1 aliphatic rings. The number of pyridine rings is 1. The van der Waals surface area contributed by atoms with Gasteiger partial charge in [0.2, 0.25) is 15.9 Å². The Bertz CT molecular complexity index is 559. The predicted octanol–water partition coefficient (Wildman–Crippen LogP) is 0.280. The number of likely N-dealkylation sites (tertiary alicyclic amines) is 1. The van der Waals surface area contributed by atoms with Gasteiger partial charge in [0.15, 0.2) is 0 Å². The SMILES string of the molecule is CC(c1ccncc1)N1CC(CS(N)(=O)=O)CC1=O. The van der Waals surface area contributed by atoms with Gasteiger partial charge in [0.1, 0.15) is 0 Å². The van der Waals surface area contributed by atoms with Crippen molar-refractivity contribution in [2.45, 2.75) is 19.4 Å². The van der Waals surface area contributed by atoms with Crippen LogP contribution in [0.2, 0.25) is 0 Å². The number of hydrogen-bond acceptors (Lipinski definition) is 4. The number of carbonyl (C=O) groups is 1. The first kappa shape index (κ1) is 14.0. The highest BCUT2D eigenvalue weighted by Gasteiger charge is 2.34. The molecule has 0 spiro atoms. The van der Waals surface area contributed by atoms with E-state index in [1.165, 1.54) is 0 Å². The summed E-state index contributed by atoms with van der Waals surface area (Å²) in [5.41, 5.74) is 0.986. The summed E-state index contributed by atoms with van der Waals surface area (Å²) in [5, 5.41) is 5.03. The van der Waals surface area contributed by atoms with Gasteiger partial charge in [0.05, 0.1) is 11.8 Å². The molecule has 1 aromatic heterocycles. The molecule has 2 atom stereocenters. The van der Waals surface area contributed by atoms with E-state index in [2.05, 4.69) is 4.98 Å². The van der Waals surface area contributed by atoms with Crippen LogP contribution >= 0.6 is 0 Å². The number of rotatable bonds is 4. The minimum atomic E-state index is -3.53. The molecule has 0 saturated carbocycles. The number of amides is 1. The van der Waals surface area contributed by atoms with E-state index in [0.29, 0.717) is 6.54 Å². The molecule has 19 heavy (non-hydrogen) atoms. The van der Waals surface area contributed by atoms with Crippen LogP contribution < -0.4 is 5.14 Å². The summed E-state index contributed by atoms with van der Waals surface area (Å²) in [6, 6.07) is 3.62. The van der Waals surface area contributed by atoms with Gasteiger partial charge in [-0.3, -0.25) is 9.78 Å². The summed E-state index contributed by atoms with van der Waals surface area (Å²) >= 11 is 0. The van der Waals surface area contributed by atoms with Crippen molar-refractivity contribution in [3.63, 3.8) is 0 Å². The Morgan fingerprint density at radius 1 is 1.47 bits per heavy atom. The highest BCUT2D eigenvalue weighted by molar-refractivity contribution is 7.89. The largest absolute Gasteiger partial charge is 0.336 e. The van der Waals surface area contributed by atoms with Crippen LogP contribution in [0.1, 0.15) is 24.9 Å². The van der Waals surface area contributed by atoms with E-state index in [-0.39, 0.29) is 30.0 Å². The predicted molar refractivity (Wildman–Crippen MR) is 70.4 cm³/mol. The fraction of sp³-hybridized carbons (Fsp3) is 0.500. The van der Waals surface area contributed by atoms with Gasteiger partial charge in [0.25, 0.3) is 0 Å². The lowest BCUT2D eigenvalue weighted by molar-refractivity contribution is -0.129. The first-order valence-electron chi connectivity index (χ1n) is 6.06. The first-order chi connectivity index (χ1) is 8.87. The van der Waals surface area contributed by atoms with Crippen molar-refractivity contribution in [1.82, 2.24) is 9.88 Å². The number of primary sulfonamides is 1. The van der Waals surface area contributed by atoms with Gasteiger partial charge in [-0.25, -0.2) is 13.6 Å². The van der Waals surface area contributed by atoms with Crippen LogP contribution in [0.5, 0.6) is 0 Å². The molecule has 2 unspecified atom stereocenters. The Hall–Kier alpha value is -1.47. The zero-order valence-electron chi connectivity index (χ0n) is 10.7. The van der Waals surface area contributed by atoms with Crippen LogP contribution in [-0.2, 0) is 14.8 Å². The molecule has 7 heteroatoms. The second-order valence-electron chi connectivity index (χ2n) is 4.90. The topological polar surface area (TPSA) is 93.4 Å². The molecule has 1 aromatic rings. The Kier molecular flexibility index (Phi) is 3.86.